The molecular weight excluding hydrogens is 278 g/mol. The Kier molecular flexibility index (Phi) is 3.83. The monoisotopic (exact) mass is 295 g/mol. The predicted octanol–water partition coefficient (Wildman–Crippen LogP) is 2.91. The molecule has 0 saturated heterocycles. The average molecular weight is 295 g/mol. The second-order valence-corrected chi connectivity index (χ2v) is 5.19. The van der Waals surface area contributed by atoms with Crippen LogP contribution in [0.25, 0.3) is 0 Å². The van der Waals surface area contributed by atoms with Crippen molar-refractivity contribution in [3.05, 3.63) is 66.7 Å². The van der Waals surface area contributed by atoms with Gasteiger partial charge < -0.3 is 14.7 Å². The standard InChI is InChI=1S/C18H17NO3/c1-2-10-19-15-12-14(20)8-9-16(15)22-17(18(19)21)11-13-6-4-3-5-7-13/h2-9,12,17,20H,1,10-11H2. The zero-order valence-corrected chi connectivity index (χ0v) is 12.1. The quantitative estimate of drug-likeness (QED) is 0.882. The summed E-state index contributed by atoms with van der Waals surface area (Å²) in [5.41, 5.74) is 1.62. The third-order valence-electron chi connectivity index (χ3n) is 3.62. The van der Waals surface area contributed by atoms with Gasteiger partial charge >= 0.3 is 0 Å². The molecule has 4 heteroatoms. The fourth-order valence-electron chi connectivity index (χ4n) is 2.59. The first kappa shape index (κ1) is 14.2. The Morgan fingerprint density at radius 3 is 2.73 bits per heavy atom. The number of carbonyl (C=O) groups is 1. The van der Waals surface area contributed by atoms with Crippen molar-refractivity contribution in [2.75, 3.05) is 11.4 Å². The lowest BCUT2D eigenvalue weighted by atomic mass is 10.0. The molecule has 2 aromatic rings. The van der Waals surface area contributed by atoms with Crippen molar-refractivity contribution in [2.45, 2.75) is 12.5 Å². The molecule has 0 spiro atoms. The van der Waals surface area contributed by atoms with Crippen LogP contribution in [-0.2, 0) is 11.2 Å². The topological polar surface area (TPSA) is 49.8 Å². The van der Waals surface area contributed by atoms with Crippen molar-refractivity contribution in [3.63, 3.8) is 0 Å². The van der Waals surface area contributed by atoms with E-state index >= 15 is 0 Å². The summed E-state index contributed by atoms with van der Waals surface area (Å²) >= 11 is 0. The number of hydrogen-bond donors (Lipinski definition) is 1. The van der Waals surface area contributed by atoms with E-state index < -0.39 is 6.10 Å². The van der Waals surface area contributed by atoms with Gasteiger partial charge in [-0.3, -0.25) is 4.79 Å². The molecule has 1 N–H and O–H groups in total. The number of anilines is 1. The van der Waals surface area contributed by atoms with Gasteiger partial charge in [-0.05, 0) is 17.7 Å². The lowest BCUT2D eigenvalue weighted by Crippen LogP contribution is -2.47. The molecule has 1 aliphatic rings. The minimum atomic E-state index is -0.570. The molecule has 1 unspecified atom stereocenters. The van der Waals surface area contributed by atoms with Gasteiger partial charge in [-0.2, -0.15) is 0 Å². The molecule has 1 aliphatic heterocycles. The summed E-state index contributed by atoms with van der Waals surface area (Å²) in [4.78, 5) is 14.3. The van der Waals surface area contributed by atoms with E-state index in [4.69, 9.17) is 4.74 Å². The number of hydrogen-bond acceptors (Lipinski definition) is 3. The Morgan fingerprint density at radius 1 is 1.23 bits per heavy atom. The van der Waals surface area contributed by atoms with Crippen molar-refractivity contribution in [1.29, 1.82) is 0 Å². The highest BCUT2D eigenvalue weighted by Gasteiger charge is 2.34. The van der Waals surface area contributed by atoms with E-state index in [9.17, 15) is 9.90 Å². The molecule has 3 rings (SSSR count). The van der Waals surface area contributed by atoms with Gasteiger partial charge in [0.15, 0.2) is 6.10 Å². The van der Waals surface area contributed by atoms with Gasteiger partial charge in [-0.25, -0.2) is 0 Å². The first-order chi connectivity index (χ1) is 10.7. The van der Waals surface area contributed by atoms with Crippen LogP contribution >= 0.6 is 0 Å². The minimum absolute atomic E-state index is 0.103. The molecule has 0 saturated carbocycles. The molecule has 112 valence electrons. The second kappa shape index (κ2) is 5.93. The summed E-state index contributed by atoms with van der Waals surface area (Å²) in [7, 11) is 0. The van der Waals surface area contributed by atoms with Crippen LogP contribution < -0.4 is 9.64 Å². The number of phenols is 1. The van der Waals surface area contributed by atoms with E-state index in [1.807, 2.05) is 30.3 Å². The molecule has 0 fully saturated rings. The third-order valence-corrected chi connectivity index (χ3v) is 3.62. The Bertz CT molecular complexity index is 697. The fourth-order valence-corrected chi connectivity index (χ4v) is 2.59. The number of phenolic OH excluding ortho intramolecular Hbond substituents is 1. The Balaban J connectivity index is 1.93. The van der Waals surface area contributed by atoms with Gasteiger partial charge in [0.2, 0.25) is 0 Å². The van der Waals surface area contributed by atoms with E-state index in [1.54, 1.807) is 23.1 Å². The molecule has 22 heavy (non-hydrogen) atoms. The van der Waals surface area contributed by atoms with E-state index in [-0.39, 0.29) is 11.7 Å². The number of aromatic hydroxyl groups is 1. The molecule has 2 aromatic carbocycles. The smallest absolute Gasteiger partial charge is 0.268 e. The van der Waals surface area contributed by atoms with Gasteiger partial charge in [-0.15, -0.1) is 6.58 Å². The molecule has 0 aromatic heterocycles. The first-order valence-corrected chi connectivity index (χ1v) is 7.15. The maximum atomic E-state index is 12.7. The summed E-state index contributed by atoms with van der Waals surface area (Å²) in [6.07, 6.45) is 1.60. The molecule has 0 radical (unpaired) electrons. The van der Waals surface area contributed by atoms with Gasteiger partial charge in [0.1, 0.15) is 11.5 Å². The van der Waals surface area contributed by atoms with Crippen molar-refractivity contribution in [1.82, 2.24) is 0 Å². The first-order valence-electron chi connectivity index (χ1n) is 7.15. The number of nitrogens with zero attached hydrogens (tertiary/aromatic N) is 1. The largest absolute Gasteiger partial charge is 0.508 e. The zero-order valence-electron chi connectivity index (χ0n) is 12.1. The van der Waals surface area contributed by atoms with Crippen molar-refractivity contribution in [3.8, 4) is 11.5 Å². The molecule has 1 amide bonds. The fraction of sp³-hybridized carbons (Fsp3) is 0.167. The van der Waals surface area contributed by atoms with Crippen LogP contribution in [0.2, 0.25) is 0 Å². The highest BCUT2D eigenvalue weighted by atomic mass is 16.5. The van der Waals surface area contributed by atoms with Crippen molar-refractivity contribution >= 4 is 11.6 Å². The minimum Gasteiger partial charge on any atom is -0.508 e. The highest BCUT2D eigenvalue weighted by molar-refractivity contribution is 6.00. The van der Waals surface area contributed by atoms with E-state index in [0.717, 1.165) is 5.56 Å². The van der Waals surface area contributed by atoms with Crippen molar-refractivity contribution < 1.29 is 14.6 Å². The summed E-state index contributed by atoms with van der Waals surface area (Å²) in [5.74, 6) is 0.577. The summed E-state index contributed by atoms with van der Waals surface area (Å²) < 4.78 is 5.84. The van der Waals surface area contributed by atoms with Gasteiger partial charge in [0.05, 0.1) is 5.69 Å². The van der Waals surface area contributed by atoms with Crippen LogP contribution in [0, 0.1) is 0 Å². The molecule has 1 heterocycles. The van der Waals surface area contributed by atoms with Crippen LogP contribution in [0.4, 0.5) is 5.69 Å². The molecule has 0 bridgehead atoms. The molecule has 1 atom stereocenters. The number of carbonyl (C=O) groups excluding carboxylic acids is 1. The third kappa shape index (κ3) is 2.68. The zero-order chi connectivity index (χ0) is 15.5. The summed E-state index contributed by atoms with van der Waals surface area (Å²) in [6, 6.07) is 14.5. The second-order valence-electron chi connectivity index (χ2n) is 5.19. The Hall–Kier alpha value is -2.75. The summed E-state index contributed by atoms with van der Waals surface area (Å²) in [6.45, 7) is 4.08. The average Bonchev–Trinajstić information content (AvgIpc) is 2.53. The van der Waals surface area contributed by atoms with E-state index in [1.165, 1.54) is 6.07 Å². The SMILES string of the molecule is C=CCN1C(=O)C(Cc2ccccc2)Oc2ccc(O)cc21. The molecular formula is C18H17NO3. The van der Waals surface area contributed by atoms with Crippen LogP contribution in [0.1, 0.15) is 5.56 Å². The van der Waals surface area contributed by atoms with Crippen LogP contribution in [0.5, 0.6) is 11.5 Å². The van der Waals surface area contributed by atoms with Crippen LogP contribution in [0.3, 0.4) is 0 Å². The maximum absolute atomic E-state index is 12.7. The van der Waals surface area contributed by atoms with Gasteiger partial charge in [0.25, 0.3) is 5.91 Å². The highest BCUT2D eigenvalue weighted by Crippen LogP contribution is 2.37. The predicted molar refractivity (Wildman–Crippen MR) is 85.2 cm³/mol. The Labute approximate surface area is 129 Å². The van der Waals surface area contributed by atoms with Gasteiger partial charge in [0, 0.05) is 19.0 Å². The van der Waals surface area contributed by atoms with Gasteiger partial charge in [-0.1, -0.05) is 36.4 Å². The van der Waals surface area contributed by atoms with E-state index in [0.29, 0.717) is 24.4 Å². The maximum Gasteiger partial charge on any atom is 0.268 e. The Morgan fingerprint density at radius 2 is 2.00 bits per heavy atom. The summed E-state index contributed by atoms with van der Waals surface area (Å²) in [5, 5.41) is 9.64. The van der Waals surface area contributed by atoms with Crippen LogP contribution in [0.15, 0.2) is 61.2 Å². The normalized spacial score (nSPS) is 16.8. The number of benzene rings is 2. The van der Waals surface area contributed by atoms with E-state index in [2.05, 4.69) is 6.58 Å². The number of rotatable bonds is 4. The van der Waals surface area contributed by atoms with Crippen LogP contribution in [-0.4, -0.2) is 23.7 Å². The molecule has 4 nitrogen and oxygen atoms in total. The number of amides is 1. The number of ether oxygens (including phenoxy) is 1. The lowest BCUT2D eigenvalue weighted by molar-refractivity contribution is -0.126. The van der Waals surface area contributed by atoms with Crippen molar-refractivity contribution in [2.24, 2.45) is 0 Å². The lowest BCUT2D eigenvalue weighted by Gasteiger charge is -2.34. The number of fused-ring (bicyclic) bond motifs is 1. The molecule has 0 aliphatic carbocycles.